The van der Waals surface area contributed by atoms with E-state index in [2.05, 4.69) is 4.98 Å². The third kappa shape index (κ3) is 2.71. The number of aliphatic carboxylic acids is 1. The highest BCUT2D eigenvalue weighted by atomic mass is 19.1. The summed E-state index contributed by atoms with van der Waals surface area (Å²) in [6.45, 7) is 1.08. The number of carboxylic acid groups (broad SMARTS) is 1. The first kappa shape index (κ1) is 15.9. The summed E-state index contributed by atoms with van der Waals surface area (Å²) >= 11 is 0. The molecule has 130 valence electrons. The molecule has 1 saturated carbocycles. The van der Waals surface area contributed by atoms with Crippen LogP contribution in [0.4, 0.5) is 4.39 Å². The fourth-order valence-electron chi connectivity index (χ4n) is 3.80. The molecular weight excluding hydrogens is 323 g/mol. The maximum atomic E-state index is 13.3. The molecule has 2 heterocycles. The molecule has 2 unspecified atom stereocenters. The number of hydrogen-bond donors (Lipinski definition) is 2. The number of carboxylic acids is 1. The smallest absolute Gasteiger partial charge is 0.307 e. The molecular formula is C19H19FN2O3. The van der Waals surface area contributed by atoms with Crippen LogP contribution < -0.4 is 0 Å². The Balaban J connectivity index is 1.50. The number of rotatable bonds is 3. The van der Waals surface area contributed by atoms with E-state index in [-0.39, 0.29) is 17.6 Å². The number of aromatic nitrogens is 1. The highest BCUT2D eigenvalue weighted by Gasteiger charge is 2.43. The average Bonchev–Trinajstić information content (AvgIpc) is 2.96. The van der Waals surface area contributed by atoms with Crippen molar-refractivity contribution in [3.05, 3.63) is 41.9 Å². The minimum Gasteiger partial charge on any atom is -0.481 e. The molecule has 1 fully saturated rings. The van der Waals surface area contributed by atoms with Crippen LogP contribution in [-0.2, 0) is 9.59 Å². The molecule has 2 aliphatic rings. The molecule has 0 radical (unpaired) electrons. The van der Waals surface area contributed by atoms with Crippen molar-refractivity contribution in [2.75, 3.05) is 13.1 Å². The average molecular weight is 342 g/mol. The predicted octanol–water partition coefficient (Wildman–Crippen LogP) is 3.03. The van der Waals surface area contributed by atoms with Gasteiger partial charge in [0.15, 0.2) is 0 Å². The summed E-state index contributed by atoms with van der Waals surface area (Å²) in [5, 5.41) is 10.1. The summed E-state index contributed by atoms with van der Waals surface area (Å²) in [7, 11) is 0. The van der Waals surface area contributed by atoms with Gasteiger partial charge >= 0.3 is 5.97 Å². The highest BCUT2D eigenvalue weighted by molar-refractivity contribution is 5.93. The molecule has 2 N–H and O–H groups in total. The number of nitrogens with zero attached hydrogens (tertiary/aromatic N) is 1. The molecule has 2 aromatic rings. The topological polar surface area (TPSA) is 73.4 Å². The number of nitrogens with one attached hydrogen (secondary N) is 1. The summed E-state index contributed by atoms with van der Waals surface area (Å²) < 4.78 is 13.3. The van der Waals surface area contributed by atoms with E-state index in [0.29, 0.717) is 32.4 Å². The first-order valence-corrected chi connectivity index (χ1v) is 8.52. The maximum Gasteiger partial charge on any atom is 0.307 e. The second-order valence-electron chi connectivity index (χ2n) is 6.78. The summed E-state index contributed by atoms with van der Waals surface area (Å²) in [6, 6.07) is 4.68. The van der Waals surface area contributed by atoms with E-state index in [9.17, 15) is 14.0 Å². The molecule has 25 heavy (non-hydrogen) atoms. The van der Waals surface area contributed by atoms with E-state index >= 15 is 0 Å². The molecule has 2 atom stereocenters. The van der Waals surface area contributed by atoms with Crippen LogP contribution in [0.1, 0.15) is 24.8 Å². The molecule has 1 aromatic carbocycles. The lowest BCUT2D eigenvalue weighted by atomic mass is 9.72. The van der Waals surface area contributed by atoms with Gasteiger partial charge in [-0.1, -0.05) is 6.08 Å². The Kier molecular flexibility index (Phi) is 3.82. The molecule has 0 saturated heterocycles. The van der Waals surface area contributed by atoms with E-state index in [1.165, 1.54) is 12.1 Å². The van der Waals surface area contributed by atoms with E-state index in [1.807, 2.05) is 12.3 Å². The first-order chi connectivity index (χ1) is 12.0. The van der Waals surface area contributed by atoms with Gasteiger partial charge < -0.3 is 15.0 Å². The molecule has 4 rings (SSSR count). The number of carbonyl (C=O) groups excluding carboxylic acids is 1. The zero-order valence-electron chi connectivity index (χ0n) is 13.7. The van der Waals surface area contributed by atoms with Crippen LogP contribution in [0.25, 0.3) is 16.5 Å². The van der Waals surface area contributed by atoms with Crippen molar-refractivity contribution in [1.29, 1.82) is 0 Å². The van der Waals surface area contributed by atoms with Gasteiger partial charge in [0.25, 0.3) is 0 Å². The van der Waals surface area contributed by atoms with Crippen LogP contribution in [0.5, 0.6) is 0 Å². The Bertz CT molecular complexity index is 886. The van der Waals surface area contributed by atoms with Gasteiger partial charge in [-0.2, -0.15) is 0 Å². The number of amides is 1. The number of aromatic amines is 1. The third-order valence-corrected chi connectivity index (χ3v) is 5.42. The second-order valence-corrected chi connectivity index (χ2v) is 6.78. The second kappa shape index (κ2) is 6.02. The van der Waals surface area contributed by atoms with Crippen LogP contribution in [0, 0.1) is 17.7 Å². The Morgan fingerprint density at radius 1 is 1.24 bits per heavy atom. The van der Waals surface area contributed by atoms with Crippen LogP contribution in [0.2, 0.25) is 0 Å². The zero-order chi connectivity index (χ0) is 17.6. The number of fused-ring (bicyclic) bond motifs is 1. The fourth-order valence-corrected chi connectivity index (χ4v) is 3.80. The summed E-state index contributed by atoms with van der Waals surface area (Å²) in [5.74, 6) is -2.09. The van der Waals surface area contributed by atoms with Crippen molar-refractivity contribution in [3.63, 3.8) is 0 Å². The summed E-state index contributed by atoms with van der Waals surface area (Å²) in [6.07, 6.45) is 5.85. The Morgan fingerprint density at radius 3 is 2.68 bits per heavy atom. The van der Waals surface area contributed by atoms with Crippen molar-refractivity contribution in [1.82, 2.24) is 9.88 Å². The normalized spacial score (nSPS) is 23.2. The standard InChI is InChI=1S/C19H19FN2O3/c20-12-1-2-13-16(10-21-17(13)9-12)11-5-7-22(8-6-11)18(23)14-3-4-15(14)19(24)25/h1-2,5,9-10,14-15,21H,3-4,6-8H2,(H,24,25). The van der Waals surface area contributed by atoms with E-state index in [4.69, 9.17) is 5.11 Å². The first-order valence-electron chi connectivity index (χ1n) is 8.52. The minimum absolute atomic E-state index is 0.0463. The summed E-state index contributed by atoms with van der Waals surface area (Å²) in [5.41, 5.74) is 2.92. The lowest BCUT2D eigenvalue weighted by Gasteiger charge is -2.37. The van der Waals surface area contributed by atoms with E-state index < -0.39 is 11.9 Å². The highest BCUT2D eigenvalue weighted by Crippen LogP contribution is 2.37. The quantitative estimate of drug-likeness (QED) is 0.900. The molecule has 1 aliphatic carbocycles. The van der Waals surface area contributed by atoms with Crippen molar-refractivity contribution < 1.29 is 19.1 Å². The van der Waals surface area contributed by atoms with Gasteiger partial charge in [-0.25, -0.2) is 4.39 Å². The lowest BCUT2D eigenvalue weighted by molar-refractivity contribution is -0.156. The van der Waals surface area contributed by atoms with Crippen LogP contribution in [-0.4, -0.2) is 40.0 Å². The lowest BCUT2D eigenvalue weighted by Crippen LogP contribution is -2.47. The summed E-state index contributed by atoms with van der Waals surface area (Å²) in [4.78, 5) is 28.5. The van der Waals surface area contributed by atoms with Gasteiger partial charge in [0, 0.05) is 35.8 Å². The largest absolute Gasteiger partial charge is 0.481 e. The van der Waals surface area contributed by atoms with Gasteiger partial charge in [-0.05, 0) is 43.0 Å². The Labute approximate surface area is 144 Å². The monoisotopic (exact) mass is 342 g/mol. The van der Waals surface area contributed by atoms with E-state index in [1.54, 1.807) is 11.0 Å². The van der Waals surface area contributed by atoms with Gasteiger partial charge in [-0.3, -0.25) is 9.59 Å². The molecule has 1 amide bonds. The van der Waals surface area contributed by atoms with Crippen molar-refractivity contribution >= 4 is 28.4 Å². The van der Waals surface area contributed by atoms with Gasteiger partial charge in [0.2, 0.25) is 5.91 Å². The van der Waals surface area contributed by atoms with Gasteiger partial charge in [0.05, 0.1) is 11.8 Å². The zero-order valence-corrected chi connectivity index (χ0v) is 13.7. The third-order valence-electron chi connectivity index (χ3n) is 5.42. The molecule has 0 bridgehead atoms. The number of hydrogen-bond acceptors (Lipinski definition) is 2. The van der Waals surface area contributed by atoms with Crippen molar-refractivity contribution in [2.24, 2.45) is 11.8 Å². The molecule has 5 nitrogen and oxygen atoms in total. The van der Waals surface area contributed by atoms with Gasteiger partial charge in [0.1, 0.15) is 5.82 Å². The minimum atomic E-state index is -0.871. The predicted molar refractivity (Wildman–Crippen MR) is 91.3 cm³/mol. The number of benzene rings is 1. The van der Waals surface area contributed by atoms with Gasteiger partial charge in [-0.15, -0.1) is 0 Å². The maximum absolute atomic E-state index is 13.3. The molecule has 6 heteroatoms. The van der Waals surface area contributed by atoms with Crippen LogP contribution >= 0.6 is 0 Å². The van der Waals surface area contributed by atoms with Crippen LogP contribution in [0.3, 0.4) is 0 Å². The Morgan fingerprint density at radius 2 is 2.04 bits per heavy atom. The van der Waals surface area contributed by atoms with Crippen LogP contribution in [0.15, 0.2) is 30.5 Å². The number of H-pyrrole nitrogens is 1. The van der Waals surface area contributed by atoms with Crippen molar-refractivity contribution in [3.8, 4) is 0 Å². The number of carbonyl (C=O) groups is 2. The number of halogens is 1. The van der Waals surface area contributed by atoms with Crippen molar-refractivity contribution in [2.45, 2.75) is 19.3 Å². The fraction of sp³-hybridized carbons (Fsp3) is 0.368. The SMILES string of the molecule is O=C(O)C1CCC1C(=O)N1CC=C(c2c[nH]c3cc(F)ccc23)CC1. The molecule has 0 spiro atoms. The Hall–Kier alpha value is -2.63. The molecule has 1 aliphatic heterocycles. The van der Waals surface area contributed by atoms with E-state index in [0.717, 1.165) is 22.0 Å². The molecule has 1 aromatic heterocycles.